The number of nitrogens with zero attached hydrogens (tertiary/aromatic N) is 2. The Bertz CT molecular complexity index is 1060. The molecule has 0 aliphatic carbocycles. The third-order valence-electron chi connectivity index (χ3n) is 5.05. The van der Waals surface area contributed by atoms with Crippen molar-refractivity contribution in [1.29, 1.82) is 0 Å². The highest BCUT2D eigenvalue weighted by atomic mass is 19.1. The molecule has 1 atom stereocenters. The van der Waals surface area contributed by atoms with E-state index in [1.807, 2.05) is 13.8 Å². The molecule has 1 aliphatic heterocycles. The molecule has 3 rings (SSSR count). The Morgan fingerprint density at radius 2 is 1.91 bits per heavy atom. The van der Waals surface area contributed by atoms with Crippen LogP contribution in [-0.4, -0.2) is 45.9 Å². The van der Waals surface area contributed by atoms with Crippen LogP contribution >= 0.6 is 0 Å². The van der Waals surface area contributed by atoms with E-state index < -0.39 is 34.2 Å². The average molecular weight is 442 g/mol. The second-order valence-corrected chi connectivity index (χ2v) is 7.62. The molecule has 0 aromatic heterocycles. The zero-order valence-electron chi connectivity index (χ0n) is 17.7. The lowest BCUT2D eigenvalue weighted by Gasteiger charge is -2.25. The minimum absolute atomic E-state index is 0.00608. The lowest BCUT2D eigenvalue weighted by Crippen LogP contribution is -2.31. The summed E-state index contributed by atoms with van der Waals surface area (Å²) < 4.78 is 19.5. The van der Waals surface area contributed by atoms with Crippen molar-refractivity contribution in [1.82, 2.24) is 4.90 Å². The number of ketones is 1. The molecule has 1 N–H and O–H groups in total. The summed E-state index contributed by atoms with van der Waals surface area (Å²) in [5.41, 5.74) is 0.0867. The van der Waals surface area contributed by atoms with Crippen LogP contribution in [0, 0.1) is 15.9 Å². The number of ether oxygens (including phenoxy) is 1. The Labute approximate surface area is 184 Å². The van der Waals surface area contributed by atoms with Gasteiger partial charge in [0.15, 0.2) is 0 Å². The quantitative estimate of drug-likeness (QED) is 0.165. The van der Waals surface area contributed by atoms with Crippen LogP contribution in [0.15, 0.2) is 54.1 Å². The number of hydrogen-bond acceptors (Lipinski definition) is 6. The summed E-state index contributed by atoms with van der Waals surface area (Å²) in [5.74, 6) is -2.74. The largest absolute Gasteiger partial charge is 0.507 e. The number of aliphatic hydroxyl groups excluding tert-OH is 1. The molecule has 1 fully saturated rings. The van der Waals surface area contributed by atoms with Crippen molar-refractivity contribution in [2.24, 2.45) is 0 Å². The first kappa shape index (κ1) is 23.1. The van der Waals surface area contributed by atoms with E-state index in [1.165, 1.54) is 47.4 Å². The monoisotopic (exact) mass is 442 g/mol. The van der Waals surface area contributed by atoms with E-state index in [4.69, 9.17) is 4.74 Å². The first-order valence-corrected chi connectivity index (χ1v) is 10.1. The number of aliphatic hydroxyl groups is 1. The molecule has 1 heterocycles. The lowest BCUT2D eigenvalue weighted by atomic mass is 9.95. The van der Waals surface area contributed by atoms with Crippen LogP contribution in [0.25, 0.3) is 5.76 Å². The first-order chi connectivity index (χ1) is 15.2. The topological polar surface area (TPSA) is 110 Å². The number of halogens is 1. The normalized spacial score (nSPS) is 17.9. The van der Waals surface area contributed by atoms with Crippen molar-refractivity contribution in [3.05, 3.63) is 81.2 Å². The van der Waals surface area contributed by atoms with Crippen LogP contribution in [0.5, 0.6) is 0 Å². The van der Waals surface area contributed by atoms with Crippen LogP contribution in [-0.2, 0) is 14.3 Å². The third-order valence-corrected chi connectivity index (χ3v) is 5.05. The van der Waals surface area contributed by atoms with Gasteiger partial charge in [0.25, 0.3) is 17.4 Å². The zero-order valence-corrected chi connectivity index (χ0v) is 17.7. The van der Waals surface area contributed by atoms with E-state index in [-0.39, 0.29) is 29.5 Å². The Morgan fingerprint density at radius 1 is 1.22 bits per heavy atom. The summed E-state index contributed by atoms with van der Waals surface area (Å²) in [6.45, 7) is 4.28. The maximum atomic E-state index is 14.0. The SMILES string of the molecule is CC(C)OCCCN1C(=O)C(=O)C(=C(O)c2ccc([N+](=O)[O-])cc2)[C@@H]1c1cccc(F)c1. The van der Waals surface area contributed by atoms with Gasteiger partial charge in [-0.3, -0.25) is 19.7 Å². The van der Waals surface area contributed by atoms with Gasteiger partial charge in [-0.05, 0) is 50.1 Å². The molecule has 168 valence electrons. The molecule has 0 unspecified atom stereocenters. The number of rotatable bonds is 8. The molecular formula is C23H23FN2O6. The molecule has 1 aliphatic rings. The number of hydrogen-bond donors (Lipinski definition) is 1. The molecule has 0 radical (unpaired) electrons. The fourth-order valence-corrected chi connectivity index (χ4v) is 3.58. The molecule has 1 amide bonds. The number of benzene rings is 2. The van der Waals surface area contributed by atoms with Gasteiger partial charge in [0, 0.05) is 30.8 Å². The number of Topliss-reactive ketones (excluding diaryl/α,β-unsaturated/α-hetero) is 1. The minimum atomic E-state index is -1.00. The summed E-state index contributed by atoms with van der Waals surface area (Å²) >= 11 is 0. The highest BCUT2D eigenvalue weighted by Crippen LogP contribution is 2.39. The molecule has 8 nitrogen and oxygen atoms in total. The molecular weight excluding hydrogens is 419 g/mol. The Hall–Kier alpha value is -3.59. The molecule has 0 spiro atoms. The fourth-order valence-electron chi connectivity index (χ4n) is 3.58. The fraction of sp³-hybridized carbons (Fsp3) is 0.304. The van der Waals surface area contributed by atoms with Gasteiger partial charge >= 0.3 is 0 Å². The van der Waals surface area contributed by atoms with Crippen molar-refractivity contribution in [2.75, 3.05) is 13.2 Å². The van der Waals surface area contributed by atoms with Gasteiger partial charge in [-0.25, -0.2) is 4.39 Å². The molecule has 32 heavy (non-hydrogen) atoms. The molecule has 1 saturated heterocycles. The summed E-state index contributed by atoms with van der Waals surface area (Å²) in [5, 5.41) is 21.8. The van der Waals surface area contributed by atoms with E-state index in [2.05, 4.69) is 0 Å². The van der Waals surface area contributed by atoms with Crippen molar-refractivity contribution < 1.29 is 28.7 Å². The number of amides is 1. The number of carbonyl (C=O) groups excluding carboxylic acids is 2. The van der Waals surface area contributed by atoms with Crippen LogP contribution in [0.1, 0.15) is 37.4 Å². The average Bonchev–Trinajstić information content (AvgIpc) is 3.01. The van der Waals surface area contributed by atoms with Crippen LogP contribution in [0.2, 0.25) is 0 Å². The molecule has 0 saturated carbocycles. The van der Waals surface area contributed by atoms with Crippen LogP contribution in [0.4, 0.5) is 10.1 Å². The standard InChI is InChI=1S/C23H23FN2O6/c1-14(2)32-12-4-11-25-20(16-5-3-6-17(24)13-16)19(22(28)23(25)29)21(27)15-7-9-18(10-8-15)26(30)31/h3,5-10,13-14,20,27H,4,11-12H2,1-2H3/t20-/m0/s1. The summed E-state index contributed by atoms with van der Waals surface area (Å²) in [6.07, 6.45) is 0.445. The summed E-state index contributed by atoms with van der Waals surface area (Å²) in [7, 11) is 0. The molecule has 0 bridgehead atoms. The summed E-state index contributed by atoms with van der Waals surface area (Å²) in [4.78, 5) is 37.3. The van der Waals surface area contributed by atoms with Crippen molar-refractivity contribution in [2.45, 2.75) is 32.4 Å². The number of carbonyl (C=O) groups is 2. The Kier molecular flexibility index (Phi) is 6.99. The van der Waals surface area contributed by atoms with E-state index in [0.29, 0.717) is 18.6 Å². The van der Waals surface area contributed by atoms with Crippen molar-refractivity contribution in [3.8, 4) is 0 Å². The zero-order chi connectivity index (χ0) is 23.4. The smallest absolute Gasteiger partial charge is 0.295 e. The van der Waals surface area contributed by atoms with E-state index in [1.54, 1.807) is 6.07 Å². The van der Waals surface area contributed by atoms with Gasteiger partial charge in [-0.15, -0.1) is 0 Å². The van der Waals surface area contributed by atoms with E-state index in [0.717, 1.165) is 0 Å². The predicted molar refractivity (Wildman–Crippen MR) is 114 cm³/mol. The maximum absolute atomic E-state index is 14.0. The Balaban J connectivity index is 2.03. The van der Waals surface area contributed by atoms with Gasteiger partial charge in [0.2, 0.25) is 0 Å². The minimum Gasteiger partial charge on any atom is -0.507 e. The predicted octanol–water partition coefficient (Wildman–Crippen LogP) is 3.97. The second-order valence-electron chi connectivity index (χ2n) is 7.62. The second kappa shape index (κ2) is 9.69. The third kappa shape index (κ3) is 4.83. The van der Waals surface area contributed by atoms with Crippen molar-refractivity contribution in [3.63, 3.8) is 0 Å². The number of likely N-dealkylation sites (tertiary alicyclic amines) is 1. The first-order valence-electron chi connectivity index (χ1n) is 10.1. The number of nitro groups is 1. The van der Waals surface area contributed by atoms with Gasteiger partial charge < -0.3 is 14.7 Å². The summed E-state index contributed by atoms with van der Waals surface area (Å²) in [6, 6.07) is 9.43. The highest BCUT2D eigenvalue weighted by Gasteiger charge is 2.45. The van der Waals surface area contributed by atoms with Crippen LogP contribution in [0.3, 0.4) is 0 Å². The van der Waals surface area contributed by atoms with Gasteiger partial charge in [0.1, 0.15) is 11.6 Å². The highest BCUT2D eigenvalue weighted by molar-refractivity contribution is 6.46. The van der Waals surface area contributed by atoms with Crippen LogP contribution < -0.4 is 0 Å². The molecule has 9 heteroatoms. The van der Waals surface area contributed by atoms with Gasteiger partial charge in [-0.2, -0.15) is 0 Å². The van der Waals surface area contributed by atoms with Gasteiger partial charge in [-0.1, -0.05) is 12.1 Å². The van der Waals surface area contributed by atoms with E-state index >= 15 is 0 Å². The molecule has 2 aromatic carbocycles. The van der Waals surface area contributed by atoms with E-state index in [9.17, 15) is 29.2 Å². The number of nitro benzene ring substituents is 1. The maximum Gasteiger partial charge on any atom is 0.295 e. The lowest BCUT2D eigenvalue weighted by molar-refractivity contribution is -0.384. The number of non-ortho nitro benzene ring substituents is 1. The van der Waals surface area contributed by atoms with Crippen molar-refractivity contribution >= 4 is 23.1 Å². The van der Waals surface area contributed by atoms with Gasteiger partial charge in [0.05, 0.1) is 22.6 Å². The Morgan fingerprint density at radius 3 is 2.50 bits per heavy atom. The molecule has 2 aromatic rings.